The van der Waals surface area contributed by atoms with Gasteiger partial charge in [0.1, 0.15) is 17.2 Å². The van der Waals surface area contributed by atoms with E-state index in [4.69, 9.17) is 9.94 Å². The van der Waals surface area contributed by atoms with Gasteiger partial charge in [0.25, 0.3) is 5.91 Å². The molecule has 3 rings (SSSR count). The number of amides is 1. The molecule has 2 aromatic rings. The van der Waals surface area contributed by atoms with Crippen LogP contribution in [-0.2, 0) is 14.6 Å². The van der Waals surface area contributed by atoms with Gasteiger partial charge in [-0.1, -0.05) is 13.8 Å². The predicted octanol–water partition coefficient (Wildman–Crippen LogP) is 4.15. The van der Waals surface area contributed by atoms with Crippen molar-refractivity contribution in [2.75, 3.05) is 20.1 Å². The molecule has 1 aliphatic heterocycles. The van der Waals surface area contributed by atoms with E-state index in [-0.39, 0.29) is 29.2 Å². The number of ether oxygens (including phenoxy) is 2. The zero-order valence-electron chi connectivity index (χ0n) is 18.9. The smallest absolute Gasteiger partial charge is 0.457 e. The number of hydrogen-bond acceptors (Lipinski definition) is 7. The van der Waals surface area contributed by atoms with Crippen LogP contribution >= 0.6 is 0 Å². The number of alkyl halides is 3. The van der Waals surface area contributed by atoms with Crippen molar-refractivity contribution in [3.8, 4) is 17.2 Å². The SMILES string of the molecule is CC.CN1CCC(C(=O)NO)(S(=O)(=O)c2ccc(Oc3ccc(OC(F)(F)F)cc3)cc2)CC1. The molecule has 2 aromatic carbocycles. The van der Waals surface area contributed by atoms with Crippen molar-refractivity contribution in [3.05, 3.63) is 48.5 Å². The molecule has 0 aromatic heterocycles. The van der Waals surface area contributed by atoms with Gasteiger partial charge < -0.3 is 14.4 Å². The van der Waals surface area contributed by atoms with Crippen LogP contribution in [0.4, 0.5) is 13.2 Å². The fraction of sp³-hybridized carbons (Fsp3) is 0.409. The molecule has 1 fully saturated rings. The summed E-state index contributed by atoms with van der Waals surface area (Å²) in [5.41, 5.74) is 1.49. The topological polar surface area (TPSA) is 105 Å². The van der Waals surface area contributed by atoms with Gasteiger partial charge in [0.05, 0.1) is 4.90 Å². The Morgan fingerprint density at radius 1 is 0.971 bits per heavy atom. The summed E-state index contributed by atoms with van der Waals surface area (Å²) in [5.74, 6) is -0.942. The van der Waals surface area contributed by atoms with Gasteiger partial charge in [-0.3, -0.25) is 10.0 Å². The van der Waals surface area contributed by atoms with E-state index in [9.17, 15) is 26.4 Å². The van der Waals surface area contributed by atoms with Crippen LogP contribution in [0.3, 0.4) is 0 Å². The highest BCUT2D eigenvalue weighted by atomic mass is 32.2. The Bertz CT molecular complexity index is 1050. The Morgan fingerprint density at radius 2 is 1.41 bits per heavy atom. The van der Waals surface area contributed by atoms with Crippen LogP contribution in [0.25, 0.3) is 0 Å². The largest absolute Gasteiger partial charge is 0.573 e. The van der Waals surface area contributed by atoms with E-state index in [0.717, 1.165) is 12.1 Å². The number of halogens is 3. The Morgan fingerprint density at radius 3 is 1.85 bits per heavy atom. The molecule has 12 heteroatoms. The van der Waals surface area contributed by atoms with E-state index < -0.39 is 32.6 Å². The van der Waals surface area contributed by atoms with E-state index >= 15 is 0 Å². The van der Waals surface area contributed by atoms with Gasteiger partial charge in [-0.05, 0) is 81.5 Å². The number of benzene rings is 2. The number of carbonyl (C=O) groups excluding carboxylic acids is 1. The molecule has 0 radical (unpaired) electrons. The highest BCUT2D eigenvalue weighted by Gasteiger charge is 2.52. The van der Waals surface area contributed by atoms with E-state index in [1.54, 1.807) is 7.05 Å². The third-order valence-corrected chi connectivity index (χ3v) is 7.77. The van der Waals surface area contributed by atoms with Crippen LogP contribution < -0.4 is 15.0 Å². The Labute approximate surface area is 196 Å². The second-order valence-electron chi connectivity index (χ2n) is 7.33. The first-order valence-electron chi connectivity index (χ1n) is 10.5. The summed E-state index contributed by atoms with van der Waals surface area (Å²) >= 11 is 0. The number of likely N-dealkylation sites (tertiary alicyclic amines) is 1. The van der Waals surface area contributed by atoms with E-state index in [2.05, 4.69) is 4.74 Å². The van der Waals surface area contributed by atoms with Crippen molar-refractivity contribution in [3.63, 3.8) is 0 Å². The molecule has 8 nitrogen and oxygen atoms in total. The maximum absolute atomic E-state index is 13.3. The maximum atomic E-state index is 13.3. The van der Waals surface area contributed by atoms with E-state index in [1.165, 1.54) is 41.9 Å². The first kappa shape index (κ1) is 27.4. The summed E-state index contributed by atoms with van der Waals surface area (Å²) in [4.78, 5) is 14.1. The van der Waals surface area contributed by atoms with Crippen molar-refractivity contribution in [2.24, 2.45) is 0 Å². The Hall–Kier alpha value is -2.83. The molecular weight excluding hydrogens is 477 g/mol. The minimum absolute atomic E-state index is 0.0167. The van der Waals surface area contributed by atoms with Crippen molar-refractivity contribution >= 4 is 15.7 Å². The lowest BCUT2D eigenvalue weighted by atomic mass is 9.95. The average Bonchev–Trinajstić information content (AvgIpc) is 2.81. The minimum atomic E-state index is -4.80. The molecule has 0 atom stereocenters. The molecule has 1 saturated heterocycles. The van der Waals surface area contributed by atoms with Crippen LogP contribution in [0, 0.1) is 0 Å². The molecular formula is C22H27F3N2O6S. The summed E-state index contributed by atoms with van der Waals surface area (Å²) in [5, 5.41) is 9.15. The average molecular weight is 505 g/mol. The molecule has 0 unspecified atom stereocenters. The van der Waals surface area contributed by atoms with Crippen molar-refractivity contribution in [1.82, 2.24) is 10.4 Å². The van der Waals surface area contributed by atoms with Gasteiger partial charge in [-0.25, -0.2) is 13.9 Å². The summed E-state index contributed by atoms with van der Waals surface area (Å²) in [6.45, 7) is 4.73. The van der Waals surface area contributed by atoms with Crippen molar-refractivity contribution in [1.29, 1.82) is 0 Å². The Kier molecular flexibility index (Phi) is 8.92. The lowest BCUT2D eigenvalue weighted by Crippen LogP contribution is -2.57. The van der Waals surface area contributed by atoms with Gasteiger partial charge in [0.15, 0.2) is 14.6 Å². The molecule has 1 heterocycles. The van der Waals surface area contributed by atoms with Gasteiger partial charge in [-0.15, -0.1) is 13.2 Å². The zero-order valence-corrected chi connectivity index (χ0v) is 19.7. The normalized spacial score (nSPS) is 16.1. The first-order valence-corrected chi connectivity index (χ1v) is 12.0. The molecule has 0 aliphatic carbocycles. The number of carbonyl (C=O) groups is 1. The number of hydroxylamine groups is 1. The van der Waals surface area contributed by atoms with Crippen LogP contribution in [0.1, 0.15) is 26.7 Å². The summed E-state index contributed by atoms with van der Waals surface area (Å²) < 4.78 is 70.8. The summed E-state index contributed by atoms with van der Waals surface area (Å²) in [6.07, 6.45) is -4.77. The number of rotatable bonds is 6. The minimum Gasteiger partial charge on any atom is -0.457 e. The van der Waals surface area contributed by atoms with Crippen LogP contribution in [0.15, 0.2) is 53.4 Å². The molecule has 0 saturated carbocycles. The molecule has 0 spiro atoms. The maximum Gasteiger partial charge on any atom is 0.573 e. The molecule has 2 N–H and O–H groups in total. The summed E-state index contributed by atoms with van der Waals surface area (Å²) in [6, 6.07) is 9.99. The monoisotopic (exact) mass is 504 g/mol. The second kappa shape index (κ2) is 11.1. The molecule has 188 valence electrons. The second-order valence-corrected chi connectivity index (χ2v) is 9.59. The van der Waals surface area contributed by atoms with Gasteiger partial charge in [0.2, 0.25) is 0 Å². The lowest BCUT2D eigenvalue weighted by molar-refractivity contribution is -0.274. The molecule has 34 heavy (non-hydrogen) atoms. The molecule has 0 bridgehead atoms. The number of piperidine rings is 1. The number of sulfone groups is 1. The highest BCUT2D eigenvalue weighted by Crippen LogP contribution is 2.36. The van der Waals surface area contributed by atoms with E-state index in [1.807, 2.05) is 18.7 Å². The van der Waals surface area contributed by atoms with Gasteiger partial charge >= 0.3 is 6.36 Å². The van der Waals surface area contributed by atoms with Crippen molar-refractivity contribution in [2.45, 2.75) is 42.7 Å². The number of nitrogens with zero attached hydrogens (tertiary/aromatic N) is 1. The summed E-state index contributed by atoms with van der Waals surface area (Å²) in [7, 11) is -2.34. The third-order valence-electron chi connectivity index (χ3n) is 5.25. The van der Waals surface area contributed by atoms with Crippen molar-refractivity contribution < 1.29 is 41.1 Å². The van der Waals surface area contributed by atoms with E-state index in [0.29, 0.717) is 13.1 Å². The predicted molar refractivity (Wildman–Crippen MR) is 118 cm³/mol. The standard InChI is InChI=1S/C20H21F3N2O6S.C2H6/c1-25-12-10-19(11-13-25,18(26)24-27)32(28,29)17-8-6-15(7-9-17)30-14-2-4-16(5-3-14)31-20(21,22)23;1-2/h2-9,27H,10-13H2,1H3,(H,24,26);1-2H3. The van der Waals surface area contributed by atoms with Gasteiger partial charge in [-0.2, -0.15) is 0 Å². The number of hydrogen-bond donors (Lipinski definition) is 2. The quantitative estimate of drug-likeness (QED) is 0.450. The zero-order chi connectivity index (χ0) is 25.6. The first-order chi connectivity index (χ1) is 16.0. The molecule has 1 amide bonds. The van der Waals surface area contributed by atoms with Crippen LogP contribution in [-0.4, -0.2) is 55.7 Å². The van der Waals surface area contributed by atoms with Crippen LogP contribution in [0.2, 0.25) is 0 Å². The lowest BCUT2D eigenvalue weighted by Gasteiger charge is -2.38. The third kappa shape index (κ3) is 6.19. The van der Waals surface area contributed by atoms with Crippen LogP contribution in [0.5, 0.6) is 17.2 Å². The highest BCUT2D eigenvalue weighted by molar-refractivity contribution is 7.93. The fourth-order valence-electron chi connectivity index (χ4n) is 3.46. The molecule has 1 aliphatic rings. The Balaban J connectivity index is 0.00000199. The van der Waals surface area contributed by atoms with Gasteiger partial charge in [0, 0.05) is 0 Å². The number of nitrogens with one attached hydrogen (secondary N) is 1. The fourth-order valence-corrected chi connectivity index (χ4v) is 5.41.